The number of aryl methyl sites for hydroxylation is 1. The van der Waals surface area contributed by atoms with Crippen molar-refractivity contribution in [3.63, 3.8) is 0 Å². The first-order chi connectivity index (χ1) is 9.67. The Kier molecular flexibility index (Phi) is 3.27. The van der Waals surface area contributed by atoms with E-state index in [-0.39, 0.29) is 6.03 Å². The average molecular weight is 275 g/mol. The summed E-state index contributed by atoms with van der Waals surface area (Å²) < 4.78 is 6.71. The van der Waals surface area contributed by atoms with Crippen LogP contribution in [0.5, 0.6) is 0 Å². The lowest BCUT2D eigenvalue weighted by molar-refractivity contribution is 0.0599. The number of anilines is 1. The smallest absolute Gasteiger partial charge is 0.323 e. The van der Waals surface area contributed by atoms with Crippen LogP contribution >= 0.6 is 0 Å². The Hall–Kier alpha value is -2.15. The maximum atomic E-state index is 12.1. The normalized spacial score (nSPS) is 15.4. The molecule has 3 rings (SSSR count). The number of likely N-dealkylation sites (tertiary alicyclic amines) is 1. The molecule has 1 fully saturated rings. The first-order valence-electron chi connectivity index (χ1n) is 6.53. The molecule has 1 saturated heterocycles. The number of carbonyl (C=O) groups excluding carboxylic acids is 1. The van der Waals surface area contributed by atoms with Crippen LogP contribution in [0, 0.1) is 12.8 Å². The molecular formula is C13H17N5O2. The lowest BCUT2D eigenvalue weighted by Crippen LogP contribution is -2.53. The van der Waals surface area contributed by atoms with Crippen LogP contribution in [0.4, 0.5) is 10.6 Å². The van der Waals surface area contributed by atoms with E-state index in [1.54, 1.807) is 28.8 Å². The van der Waals surface area contributed by atoms with Crippen LogP contribution in [0.3, 0.4) is 0 Å². The van der Waals surface area contributed by atoms with Gasteiger partial charge in [0.1, 0.15) is 5.82 Å². The Morgan fingerprint density at radius 2 is 2.35 bits per heavy atom. The summed E-state index contributed by atoms with van der Waals surface area (Å²) in [5, 5.41) is 7.18. The Labute approximate surface area is 116 Å². The number of hydrogen-bond donors (Lipinski definition) is 1. The Bertz CT molecular complexity index is 633. The number of rotatable bonds is 3. The quantitative estimate of drug-likeness (QED) is 0.912. The van der Waals surface area contributed by atoms with Crippen molar-refractivity contribution in [1.82, 2.24) is 19.5 Å². The van der Waals surface area contributed by atoms with E-state index in [9.17, 15) is 4.79 Å². The van der Waals surface area contributed by atoms with Crippen molar-refractivity contribution in [2.45, 2.75) is 6.92 Å². The summed E-state index contributed by atoms with van der Waals surface area (Å²) in [7, 11) is 1.68. The molecule has 2 aromatic heterocycles. The summed E-state index contributed by atoms with van der Waals surface area (Å²) in [4.78, 5) is 18.1. The zero-order valence-corrected chi connectivity index (χ0v) is 11.5. The first-order valence-corrected chi connectivity index (χ1v) is 6.53. The van der Waals surface area contributed by atoms with Crippen LogP contribution in [-0.2, 0) is 4.74 Å². The van der Waals surface area contributed by atoms with E-state index in [0.717, 1.165) is 24.4 Å². The van der Waals surface area contributed by atoms with Gasteiger partial charge in [0.25, 0.3) is 0 Å². The second kappa shape index (κ2) is 5.09. The molecule has 0 atom stereocenters. The number of nitrogens with one attached hydrogen (secondary N) is 1. The van der Waals surface area contributed by atoms with Gasteiger partial charge in [-0.2, -0.15) is 9.61 Å². The van der Waals surface area contributed by atoms with E-state index < -0.39 is 0 Å². The third kappa shape index (κ3) is 2.32. The van der Waals surface area contributed by atoms with Crippen molar-refractivity contribution >= 4 is 17.5 Å². The van der Waals surface area contributed by atoms with Crippen LogP contribution in [0.2, 0.25) is 0 Å². The second-order valence-corrected chi connectivity index (χ2v) is 5.04. The van der Waals surface area contributed by atoms with E-state index in [4.69, 9.17) is 4.74 Å². The first kappa shape index (κ1) is 12.9. The molecule has 0 spiro atoms. The molecule has 106 valence electrons. The molecule has 1 aliphatic rings. The molecule has 3 heterocycles. The summed E-state index contributed by atoms with van der Waals surface area (Å²) in [5.41, 5.74) is 1.59. The molecule has 0 saturated carbocycles. The van der Waals surface area contributed by atoms with Crippen LogP contribution in [-0.4, -0.2) is 52.3 Å². The van der Waals surface area contributed by atoms with Crippen molar-refractivity contribution in [1.29, 1.82) is 0 Å². The van der Waals surface area contributed by atoms with E-state index >= 15 is 0 Å². The monoisotopic (exact) mass is 275 g/mol. The summed E-state index contributed by atoms with van der Waals surface area (Å²) >= 11 is 0. The summed E-state index contributed by atoms with van der Waals surface area (Å²) in [6.45, 7) is 4.05. The van der Waals surface area contributed by atoms with Crippen LogP contribution in [0.15, 0.2) is 18.3 Å². The lowest BCUT2D eigenvalue weighted by atomic mass is 10.0. The number of urea groups is 1. The number of fused-ring (bicyclic) bond motifs is 1. The highest BCUT2D eigenvalue weighted by molar-refractivity contribution is 5.89. The molecular weight excluding hydrogens is 258 g/mol. The van der Waals surface area contributed by atoms with Crippen molar-refractivity contribution in [3.8, 4) is 0 Å². The van der Waals surface area contributed by atoms with Gasteiger partial charge >= 0.3 is 6.03 Å². The zero-order chi connectivity index (χ0) is 14.1. The third-order valence-corrected chi connectivity index (χ3v) is 3.36. The molecule has 7 heteroatoms. The predicted octanol–water partition coefficient (Wildman–Crippen LogP) is 1.15. The largest absolute Gasteiger partial charge is 0.384 e. The maximum Gasteiger partial charge on any atom is 0.323 e. The number of hydrogen-bond acceptors (Lipinski definition) is 4. The fourth-order valence-electron chi connectivity index (χ4n) is 2.37. The van der Waals surface area contributed by atoms with Crippen molar-refractivity contribution in [2.24, 2.45) is 5.92 Å². The molecule has 0 unspecified atom stereocenters. The van der Waals surface area contributed by atoms with Gasteiger partial charge in [-0.15, -0.1) is 0 Å². The summed E-state index contributed by atoms with van der Waals surface area (Å²) in [6, 6.07) is 3.50. The number of amides is 2. The van der Waals surface area contributed by atoms with E-state index in [1.807, 2.05) is 13.0 Å². The van der Waals surface area contributed by atoms with Crippen LogP contribution in [0.25, 0.3) is 5.65 Å². The SMILES string of the molecule is COCC1CN(C(=O)Nc2ccnc3cc(C)nn23)C1. The van der Waals surface area contributed by atoms with Gasteiger partial charge in [-0.1, -0.05) is 0 Å². The highest BCUT2D eigenvalue weighted by Gasteiger charge is 2.30. The number of aromatic nitrogens is 3. The average Bonchev–Trinajstić information content (AvgIpc) is 2.74. The number of methoxy groups -OCH3 is 1. The van der Waals surface area contributed by atoms with E-state index in [2.05, 4.69) is 15.4 Å². The standard InChI is InChI=1S/C13H17N5O2/c1-9-5-12-14-4-3-11(18(12)16-9)15-13(19)17-6-10(7-17)8-20-2/h3-5,10H,6-8H2,1-2H3,(H,15,19). The van der Waals surface area contributed by atoms with Gasteiger partial charge in [-0.3, -0.25) is 5.32 Å². The molecule has 0 aliphatic carbocycles. The minimum Gasteiger partial charge on any atom is -0.384 e. The van der Waals surface area contributed by atoms with Gasteiger partial charge < -0.3 is 9.64 Å². The van der Waals surface area contributed by atoms with E-state index in [0.29, 0.717) is 18.3 Å². The van der Waals surface area contributed by atoms with Gasteiger partial charge in [0, 0.05) is 38.4 Å². The Morgan fingerprint density at radius 1 is 1.55 bits per heavy atom. The molecule has 2 amide bonds. The van der Waals surface area contributed by atoms with E-state index in [1.165, 1.54) is 0 Å². The molecule has 0 radical (unpaired) electrons. The van der Waals surface area contributed by atoms with Gasteiger partial charge in [-0.05, 0) is 13.0 Å². The molecule has 0 aromatic carbocycles. The van der Waals surface area contributed by atoms with Crippen molar-refractivity contribution in [3.05, 3.63) is 24.0 Å². The molecule has 7 nitrogen and oxygen atoms in total. The second-order valence-electron chi connectivity index (χ2n) is 5.04. The minimum atomic E-state index is -0.113. The Balaban J connectivity index is 1.69. The molecule has 2 aromatic rings. The topological polar surface area (TPSA) is 71.8 Å². The fraction of sp³-hybridized carbons (Fsp3) is 0.462. The van der Waals surface area contributed by atoms with Crippen LogP contribution < -0.4 is 5.32 Å². The third-order valence-electron chi connectivity index (χ3n) is 3.36. The van der Waals surface area contributed by atoms with Gasteiger partial charge in [0.15, 0.2) is 5.65 Å². The van der Waals surface area contributed by atoms with Gasteiger partial charge in [0.2, 0.25) is 0 Å². The molecule has 0 bridgehead atoms. The number of carbonyl (C=O) groups is 1. The minimum absolute atomic E-state index is 0.113. The molecule has 20 heavy (non-hydrogen) atoms. The highest BCUT2D eigenvalue weighted by Crippen LogP contribution is 2.18. The number of nitrogens with zero attached hydrogens (tertiary/aromatic N) is 4. The number of ether oxygens (including phenoxy) is 1. The summed E-state index contributed by atoms with van der Waals surface area (Å²) in [6.07, 6.45) is 1.66. The fourth-order valence-corrected chi connectivity index (χ4v) is 2.37. The van der Waals surface area contributed by atoms with Gasteiger partial charge in [0.05, 0.1) is 12.3 Å². The molecule has 1 aliphatic heterocycles. The lowest BCUT2D eigenvalue weighted by Gasteiger charge is -2.38. The van der Waals surface area contributed by atoms with Crippen molar-refractivity contribution < 1.29 is 9.53 Å². The maximum absolute atomic E-state index is 12.1. The zero-order valence-electron chi connectivity index (χ0n) is 11.5. The van der Waals surface area contributed by atoms with Crippen LogP contribution in [0.1, 0.15) is 5.69 Å². The van der Waals surface area contributed by atoms with Gasteiger partial charge in [-0.25, -0.2) is 9.78 Å². The predicted molar refractivity (Wildman–Crippen MR) is 73.7 cm³/mol. The molecule has 1 N–H and O–H groups in total. The van der Waals surface area contributed by atoms with Crippen molar-refractivity contribution in [2.75, 3.05) is 32.1 Å². The highest BCUT2D eigenvalue weighted by atomic mass is 16.5. The summed E-state index contributed by atoms with van der Waals surface area (Å²) in [5.74, 6) is 1.07. The Morgan fingerprint density at radius 3 is 3.10 bits per heavy atom.